The molecule has 1 amide bonds. The molecule has 10 nitrogen and oxygen atoms in total. The monoisotopic (exact) mass is 498 g/mol. The lowest BCUT2D eigenvalue weighted by Gasteiger charge is -2.27. The molecule has 0 saturated carbocycles. The highest BCUT2D eigenvalue weighted by molar-refractivity contribution is 6.30. The molecular weight excluding hydrogens is 476 g/mol. The van der Waals surface area contributed by atoms with Crippen LogP contribution in [-0.4, -0.2) is 56.2 Å². The number of rotatable bonds is 8. The summed E-state index contributed by atoms with van der Waals surface area (Å²) in [6.07, 6.45) is -1.84. The Morgan fingerprint density at radius 1 is 1.03 bits per heavy atom. The summed E-state index contributed by atoms with van der Waals surface area (Å²) in [4.78, 5) is 38.1. The van der Waals surface area contributed by atoms with Crippen molar-refractivity contribution in [3.8, 4) is 5.69 Å². The molecular formula is C24H23ClN4O6. The van der Waals surface area contributed by atoms with Gasteiger partial charge in [-0.2, -0.15) is 0 Å². The molecule has 3 aromatic rings. The predicted octanol–water partition coefficient (Wildman–Crippen LogP) is 2.67. The first-order valence-electron chi connectivity index (χ1n) is 10.8. The molecule has 1 aliphatic heterocycles. The Balaban J connectivity index is 1.58. The summed E-state index contributed by atoms with van der Waals surface area (Å²) in [5, 5.41) is 8.76. The van der Waals surface area contributed by atoms with Crippen molar-refractivity contribution in [3.05, 3.63) is 77.1 Å². The van der Waals surface area contributed by atoms with Gasteiger partial charge in [-0.25, -0.2) is 4.68 Å². The van der Waals surface area contributed by atoms with Gasteiger partial charge in [0.15, 0.2) is 12.3 Å². The van der Waals surface area contributed by atoms with Gasteiger partial charge in [0.05, 0.1) is 18.5 Å². The number of carbonyl (C=O) groups excluding carboxylic acids is 3. The van der Waals surface area contributed by atoms with E-state index in [1.54, 1.807) is 24.4 Å². The quantitative estimate of drug-likeness (QED) is 0.436. The standard InChI is InChI=1S/C24H23ClN4O6/c1-15(30)34-21-22(35-16(2)31)24(28(23(21)32)12-17-7-4-3-5-8-17)33-14-19-13-29(27-26-19)20-10-6-9-18(25)11-20/h3-11,13,21-22,24H,12,14H2,1-2H3/t21-,22+,24?/m0/s1. The summed E-state index contributed by atoms with van der Waals surface area (Å²) in [7, 11) is 0. The molecule has 0 N–H and O–H groups in total. The van der Waals surface area contributed by atoms with Gasteiger partial charge < -0.3 is 19.1 Å². The Bertz CT molecular complexity index is 1220. The molecule has 4 rings (SSSR count). The number of hydrogen-bond acceptors (Lipinski definition) is 8. The van der Waals surface area contributed by atoms with E-state index in [1.807, 2.05) is 36.4 Å². The van der Waals surface area contributed by atoms with Crippen molar-refractivity contribution in [3.63, 3.8) is 0 Å². The van der Waals surface area contributed by atoms with Gasteiger partial charge in [0.25, 0.3) is 5.91 Å². The topological polar surface area (TPSA) is 113 Å². The van der Waals surface area contributed by atoms with E-state index in [1.165, 1.54) is 23.4 Å². The SMILES string of the molecule is CC(=O)O[C@@H]1C(=O)N(Cc2ccccc2)C(OCc2cn(-c3cccc(Cl)c3)nn2)[C@@H]1OC(C)=O. The summed E-state index contributed by atoms with van der Waals surface area (Å²) < 4.78 is 18.2. The largest absolute Gasteiger partial charge is 0.453 e. The summed E-state index contributed by atoms with van der Waals surface area (Å²) in [5.41, 5.74) is 2.01. The van der Waals surface area contributed by atoms with Crippen LogP contribution in [0, 0.1) is 0 Å². The van der Waals surface area contributed by atoms with Gasteiger partial charge >= 0.3 is 11.9 Å². The number of amides is 1. The van der Waals surface area contributed by atoms with Crippen LogP contribution in [0.5, 0.6) is 0 Å². The van der Waals surface area contributed by atoms with E-state index >= 15 is 0 Å². The zero-order chi connectivity index (χ0) is 24.9. The molecule has 1 aromatic heterocycles. The molecule has 0 bridgehead atoms. The average molecular weight is 499 g/mol. The minimum Gasteiger partial charge on any atom is -0.453 e. The molecule has 35 heavy (non-hydrogen) atoms. The van der Waals surface area contributed by atoms with Crippen LogP contribution in [0.3, 0.4) is 0 Å². The first-order chi connectivity index (χ1) is 16.8. The zero-order valence-electron chi connectivity index (χ0n) is 19.0. The minimum absolute atomic E-state index is 0.0473. The third-order valence-corrected chi connectivity index (χ3v) is 5.45. The fraction of sp³-hybridized carbons (Fsp3) is 0.292. The Kier molecular flexibility index (Phi) is 7.42. The van der Waals surface area contributed by atoms with Gasteiger partial charge in [0.1, 0.15) is 5.69 Å². The smallest absolute Gasteiger partial charge is 0.303 e. The van der Waals surface area contributed by atoms with Crippen molar-refractivity contribution in [1.82, 2.24) is 19.9 Å². The van der Waals surface area contributed by atoms with Gasteiger partial charge in [-0.3, -0.25) is 14.4 Å². The highest BCUT2D eigenvalue weighted by Gasteiger charge is 2.53. The molecule has 3 atom stereocenters. The van der Waals surface area contributed by atoms with Crippen molar-refractivity contribution >= 4 is 29.4 Å². The number of likely N-dealkylation sites (tertiary alicyclic amines) is 1. The molecule has 1 saturated heterocycles. The minimum atomic E-state index is -1.33. The van der Waals surface area contributed by atoms with Crippen molar-refractivity contribution in [2.45, 2.75) is 45.4 Å². The average Bonchev–Trinajstić information content (AvgIpc) is 3.38. The second-order valence-corrected chi connectivity index (χ2v) is 8.33. The number of hydrogen-bond donors (Lipinski definition) is 0. The first kappa shape index (κ1) is 24.4. The van der Waals surface area contributed by atoms with Gasteiger partial charge in [0, 0.05) is 25.4 Å². The summed E-state index contributed by atoms with van der Waals surface area (Å²) in [6, 6.07) is 16.3. The van der Waals surface area contributed by atoms with Crippen LogP contribution in [0.15, 0.2) is 60.8 Å². The summed E-state index contributed by atoms with van der Waals surface area (Å²) >= 11 is 6.05. The van der Waals surface area contributed by atoms with E-state index in [-0.39, 0.29) is 13.2 Å². The summed E-state index contributed by atoms with van der Waals surface area (Å²) in [6.45, 7) is 2.51. The van der Waals surface area contributed by atoms with Crippen LogP contribution in [0.2, 0.25) is 5.02 Å². The second kappa shape index (κ2) is 10.7. The van der Waals surface area contributed by atoms with Crippen LogP contribution in [0.4, 0.5) is 0 Å². The van der Waals surface area contributed by atoms with E-state index < -0.39 is 36.3 Å². The highest BCUT2D eigenvalue weighted by Crippen LogP contribution is 2.29. The number of aromatic nitrogens is 3. The Hall–Kier alpha value is -3.76. The Labute approximate surface area is 206 Å². The van der Waals surface area contributed by atoms with Crippen LogP contribution < -0.4 is 0 Å². The molecule has 11 heteroatoms. The number of benzene rings is 2. The number of carbonyl (C=O) groups is 3. The lowest BCUT2D eigenvalue weighted by atomic mass is 10.2. The third kappa shape index (κ3) is 5.84. The number of halogens is 1. The number of esters is 2. The van der Waals surface area contributed by atoms with Gasteiger partial charge in [0.2, 0.25) is 6.10 Å². The van der Waals surface area contributed by atoms with Crippen molar-refractivity contribution in [2.75, 3.05) is 0 Å². The number of ether oxygens (including phenoxy) is 3. The van der Waals surface area contributed by atoms with E-state index in [0.717, 1.165) is 5.56 Å². The fourth-order valence-corrected chi connectivity index (χ4v) is 3.96. The lowest BCUT2D eigenvalue weighted by molar-refractivity contribution is -0.175. The Morgan fingerprint density at radius 2 is 1.77 bits per heavy atom. The number of nitrogens with zero attached hydrogens (tertiary/aromatic N) is 4. The first-order valence-corrected chi connectivity index (χ1v) is 11.2. The van der Waals surface area contributed by atoms with Gasteiger partial charge in [-0.1, -0.05) is 53.2 Å². The molecule has 0 spiro atoms. The van der Waals surface area contributed by atoms with Gasteiger partial charge in [-0.15, -0.1) is 5.10 Å². The second-order valence-electron chi connectivity index (χ2n) is 7.89. The normalized spacial score (nSPS) is 19.6. The van der Waals surface area contributed by atoms with E-state index in [0.29, 0.717) is 16.4 Å². The molecule has 1 fully saturated rings. The van der Waals surface area contributed by atoms with Crippen LogP contribution in [0.25, 0.3) is 5.69 Å². The molecule has 0 radical (unpaired) electrons. The summed E-state index contributed by atoms with van der Waals surface area (Å²) in [5.74, 6) is -1.84. The van der Waals surface area contributed by atoms with E-state index in [2.05, 4.69) is 10.3 Å². The maximum Gasteiger partial charge on any atom is 0.303 e. The third-order valence-electron chi connectivity index (χ3n) is 5.22. The van der Waals surface area contributed by atoms with Crippen molar-refractivity contribution in [2.24, 2.45) is 0 Å². The van der Waals surface area contributed by atoms with Crippen LogP contribution in [0.1, 0.15) is 25.1 Å². The molecule has 0 aliphatic carbocycles. The molecule has 1 unspecified atom stereocenters. The maximum absolute atomic E-state index is 13.2. The molecule has 182 valence electrons. The van der Waals surface area contributed by atoms with E-state index in [9.17, 15) is 14.4 Å². The fourth-order valence-electron chi connectivity index (χ4n) is 3.78. The predicted molar refractivity (Wildman–Crippen MR) is 123 cm³/mol. The van der Waals surface area contributed by atoms with E-state index in [4.69, 9.17) is 25.8 Å². The van der Waals surface area contributed by atoms with Crippen LogP contribution >= 0.6 is 11.6 Å². The maximum atomic E-state index is 13.2. The zero-order valence-corrected chi connectivity index (χ0v) is 19.8. The highest BCUT2D eigenvalue weighted by atomic mass is 35.5. The van der Waals surface area contributed by atoms with Crippen molar-refractivity contribution < 1.29 is 28.6 Å². The molecule has 1 aliphatic rings. The lowest BCUT2D eigenvalue weighted by Crippen LogP contribution is -2.41. The Morgan fingerprint density at radius 3 is 2.46 bits per heavy atom. The van der Waals surface area contributed by atoms with Crippen LogP contribution in [-0.2, 0) is 41.7 Å². The van der Waals surface area contributed by atoms with Crippen molar-refractivity contribution in [1.29, 1.82) is 0 Å². The van der Waals surface area contributed by atoms with Gasteiger partial charge in [-0.05, 0) is 23.8 Å². The molecule has 2 heterocycles. The molecule has 2 aromatic carbocycles.